The number of carbonyl (C=O) groups is 2. The second-order valence-electron chi connectivity index (χ2n) is 4.86. The lowest BCUT2D eigenvalue weighted by Crippen LogP contribution is -2.21. The summed E-state index contributed by atoms with van der Waals surface area (Å²) in [4.78, 5) is 22.9. The number of nitrogens with zero attached hydrogens (tertiary/aromatic N) is 1. The number of rotatable bonds is 5. The lowest BCUT2D eigenvalue weighted by atomic mass is 10.2. The first-order valence-corrected chi connectivity index (χ1v) is 6.98. The van der Waals surface area contributed by atoms with E-state index in [4.69, 9.17) is 5.26 Å². The van der Waals surface area contributed by atoms with E-state index in [1.807, 2.05) is 6.07 Å². The molecular weight excluding hydrogens is 292 g/mol. The second kappa shape index (κ2) is 7.61. The Kier molecular flexibility index (Phi) is 5.31. The minimum absolute atomic E-state index is 0.0697. The predicted octanol–water partition coefficient (Wildman–Crippen LogP) is 2.57. The topological polar surface area (TPSA) is 94.0 Å². The third-order valence-electron chi connectivity index (χ3n) is 2.91. The minimum Gasteiger partial charge on any atom is -0.376 e. The molecule has 0 aliphatic heterocycles. The highest BCUT2D eigenvalue weighted by Crippen LogP contribution is 2.15. The van der Waals surface area contributed by atoms with Gasteiger partial charge in [0, 0.05) is 24.0 Å². The summed E-state index contributed by atoms with van der Waals surface area (Å²) < 4.78 is 0. The Morgan fingerprint density at radius 1 is 1.00 bits per heavy atom. The van der Waals surface area contributed by atoms with Crippen molar-refractivity contribution in [3.05, 3.63) is 54.1 Å². The van der Waals surface area contributed by atoms with Crippen molar-refractivity contribution in [1.29, 1.82) is 5.26 Å². The largest absolute Gasteiger partial charge is 0.376 e. The summed E-state index contributed by atoms with van der Waals surface area (Å²) in [6.07, 6.45) is 0. The standard InChI is InChI=1S/C17H16N4O2/c1-12(22)20-16-7-3-5-14(9-16)19-11-17(23)21-15-6-2-4-13(8-15)10-18/h2-9,19H,11H2,1H3,(H,20,22)(H,21,23). The van der Waals surface area contributed by atoms with Gasteiger partial charge in [-0.25, -0.2) is 0 Å². The van der Waals surface area contributed by atoms with Gasteiger partial charge in [0.25, 0.3) is 0 Å². The molecule has 0 radical (unpaired) electrons. The molecule has 0 bridgehead atoms. The Labute approximate surface area is 134 Å². The number of hydrogen-bond donors (Lipinski definition) is 3. The monoisotopic (exact) mass is 308 g/mol. The van der Waals surface area contributed by atoms with Crippen molar-refractivity contribution in [2.75, 3.05) is 22.5 Å². The van der Waals surface area contributed by atoms with Crippen LogP contribution in [0.4, 0.5) is 17.1 Å². The minimum atomic E-state index is -0.231. The van der Waals surface area contributed by atoms with Gasteiger partial charge < -0.3 is 16.0 Å². The summed E-state index contributed by atoms with van der Waals surface area (Å²) in [5, 5.41) is 17.2. The molecule has 2 aromatic rings. The van der Waals surface area contributed by atoms with Crippen LogP contribution in [-0.2, 0) is 9.59 Å². The first kappa shape index (κ1) is 16.0. The first-order chi connectivity index (χ1) is 11.1. The number of carbonyl (C=O) groups excluding carboxylic acids is 2. The lowest BCUT2D eigenvalue weighted by Gasteiger charge is -2.09. The summed E-state index contributed by atoms with van der Waals surface area (Å²) in [7, 11) is 0. The molecule has 0 unspecified atom stereocenters. The molecule has 0 heterocycles. The van der Waals surface area contributed by atoms with E-state index in [2.05, 4.69) is 16.0 Å². The maximum Gasteiger partial charge on any atom is 0.243 e. The molecular formula is C17H16N4O2. The third-order valence-corrected chi connectivity index (χ3v) is 2.91. The van der Waals surface area contributed by atoms with Gasteiger partial charge in [0.1, 0.15) is 0 Å². The van der Waals surface area contributed by atoms with Gasteiger partial charge in [-0.05, 0) is 36.4 Å². The van der Waals surface area contributed by atoms with Crippen LogP contribution < -0.4 is 16.0 Å². The summed E-state index contributed by atoms with van der Waals surface area (Å²) in [6, 6.07) is 15.8. The summed E-state index contributed by atoms with van der Waals surface area (Å²) in [5.74, 6) is -0.387. The van der Waals surface area contributed by atoms with Crippen LogP contribution in [0.25, 0.3) is 0 Å². The van der Waals surface area contributed by atoms with Crippen molar-refractivity contribution in [2.24, 2.45) is 0 Å². The highest BCUT2D eigenvalue weighted by Gasteiger charge is 2.04. The Morgan fingerprint density at radius 2 is 1.65 bits per heavy atom. The molecule has 6 nitrogen and oxygen atoms in total. The molecule has 6 heteroatoms. The fourth-order valence-electron chi connectivity index (χ4n) is 1.96. The summed E-state index contributed by atoms with van der Waals surface area (Å²) in [6.45, 7) is 1.50. The van der Waals surface area contributed by atoms with E-state index in [1.54, 1.807) is 48.5 Å². The molecule has 0 aliphatic carbocycles. The zero-order valence-corrected chi connectivity index (χ0v) is 12.6. The molecule has 0 saturated carbocycles. The lowest BCUT2D eigenvalue weighted by molar-refractivity contribution is -0.115. The number of benzene rings is 2. The van der Waals surface area contributed by atoms with Gasteiger partial charge in [-0.1, -0.05) is 12.1 Å². The van der Waals surface area contributed by atoms with Gasteiger partial charge in [0.05, 0.1) is 18.2 Å². The van der Waals surface area contributed by atoms with Crippen molar-refractivity contribution in [3.63, 3.8) is 0 Å². The highest BCUT2D eigenvalue weighted by molar-refractivity contribution is 5.94. The van der Waals surface area contributed by atoms with E-state index in [9.17, 15) is 9.59 Å². The van der Waals surface area contributed by atoms with Crippen LogP contribution >= 0.6 is 0 Å². The van der Waals surface area contributed by atoms with Gasteiger partial charge >= 0.3 is 0 Å². The van der Waals surface area contributed by atoms with E-state index in [-0.39, 0.29) is 18.4 Å². The van der Waals surface area contributed by atoms with Crippen LogP contribution in [0.5, 0.6) is 0 Å². The zero-order valence-electron chi connectivity index (χ0n) is 12.6. The third kappa shape index (κ3) is 5.17. The molecule has 2 rings (SSSR count). The maximum atomic E-state index is 11.9. The Morgan fingerprint density at radius 3 is 2.35 bits per heavy atom. The van der Waals surface area contributed by atoms with Gasteiger partial charge in [-0.15, -0.1) is 0 Å². The quantitative estimate of drug-likeness (QED) is 0.791. The molecule has 0 aromatic heterocycles. The maximum absolute atomic E-state index is 11.9. The summed E-state index contributed by atoms with van der Waals surface area (Å²) >= 11 is 0. The Bertz CT molecular complexity index is 765. The SMILES string of the molecule is CC(=O)Nc1cccc(NCC(=O)Nc2cccc(C#N)c2)c1. The zero-order chi connectivity index (χ0) is 16.7. The molecule has 2 aromatic carbocycles. The number of anilines is 3. The molecule has 0 aliphatic rings. The molecule has 0 saturated heterocycles. The highest BCUT2D eigenvalue weighted by atomic mass is 16.2. The van der Waals surface area contributed by atoms with Crippen molar-refractivity contribution in [2.45, 2.75) is 6.92 Å². The Balaban J connectivity index is 1.91. The number of nitrogens with one attached hydrogen (secondary N) is 3. The molecule has 0 atom stereocenters. The molecule has 0 fully saturated rings. The van der Waals surface area contributed by atoms with Crippen LogP contribution in [-0.4, -0.2) is 18.4 Å². The van der Waals surface area contributed by atoms with Crippen LogP contribution in [0.1, 0.15) is 12.5 Å². The van der Waals surface area contributed by atoms with E-state index in [0.717, 1.165) is 5.69 Å². The fourth-order valence-corrected chi connectivity index (χ4v) is 1.96. The average molecular weight is 308 g/mol. The normalized spacial score (nSPS) is 9.57. The van der Waals surface area contributed by atoms with Gasteiger partial charge in [-0.2, -0.15) is 5.26 Å². The number of amides is 2. The van der Waals surface area contributed by atoms with Crippen molar-refractivity contribution >= 4 is 28.9 Å². The van der Waals surface area contributed by atoms with Gasteiger partial charge in [0.15, 0.2) is 0 Å². The number of nitriles is 1. The summed E-state index contributed by atoms with van der Waals surface area (Å²) in [5.41, 5.74) is 2.43. The predicted molar refractivity (Wildman–Crippen MR) is 89.0 cm³/mol. The Hall–Kier alpha value is -3.33. The fraction of sp³-hybridized carbons (Fsp3) is 0.118. The van der Waals surface area contributed by atoms with Crippen LogP contribution in [0.2, 0.25) is 0 Å². The van der Waals surface area contributed by atoms with Crippen molar-refractivity contribution in [1.82, 2.24) is 0 Å². The number of hydrogen-bond acceptors (Lipinski definition) is 4. The van der Waals surface area contributed by atoms with E-state index >= 15 is 0 Å². The van der Waals surface area contributed by atoms with Crippen molar-refractivity contribution < 1.29 is 9.59 Å². The van der Waals surface area contributed by atoms with Gasteiger partial charge in [0.2, 0.25) is 11.8 Å². The first-order valence-electron chi connectivity index (χ1n) is 6.98. The van der Waals surface area contributed by atoms with E-state index < -0.39 is 0 Å². The van der Waals surface area contributed by atoms with E-state index in [1.165, 1.54) is 6.92 Å². The molecule has 3 N–H and O–H groups in total. The molecule has 2 amide bonds. The van der Waals surface area contributed by atoms with E-state index in [0.29, 0.717) is 16.9 Å². The smallest absolute Gasteiger partial charge is 0.243 e. The molecule has 0 spiro atoms. The molecule has 23 heavy (non-hydrogen) atoms. The van der Waals surface area contributed by atoms with Crippen LogP contribution in [0.15, 0.2) is 48.5 Å². The van der Waals surface area contributed by atoms with Crippen molar-refractivity contribution in [3.8, 4) is 6.07 Å². The molecule has 116 valence electrons. The van der Waals surface area contributed by atoms with Crippen LogP contribution in [0.3, 0.4) is 0 Å². The van der Waals surface area contributed by atoms with Gasteiger partial charge in [-0.3, -0.25) is 9.59 Å². The van der Waals surface area contributed by atoms with Crippen LogP contribution in [0, 0.1) is 11.3 Å². The second-order valence-corrected chi connectivity index (χ2v) is 4.86. The average Bonchev–Trinajstić information content (AvgIpc) is 2.53.